The van der Waals surface area contributed by atoms with Crippen LogP contribution in [0.25, 0.3) is 0 Å². The Morgan fingerprint density at radius 2 is 1.95 bits per heavy atom. The van der Waals surface area contributed by atoms with Crippen LogP contribution in [0.15, 0.2) is 6.20 Å². The number of rotatable bonds is 7. The summed E-state index contributed by atoms with van der Waals surface area (Å²) in [4.78, 5) is 23.4. The lowest BCUT2D eigenvalue weighted by atomic mass is 9.97. The van der Waals surface area contributed by atoms with Gasteiger partial charge in [0.2, 0.25) is 0 Å². The van der Waals surface area contributed by atoms with Crippen LogP contribution in [-0.4, -0.2) is 33.3 Å². The Kier molecular flexibility index (Phi) is 5.93. The SMILES string of the molecule is CC(C)CC(CNC(=O)c1cn(C)nc1C(C)C)C(=O)O. The topological polar surface area (TPSA) is 84.2 Å². The summed E-state index contributed by atoms with van der Waals surface area (Å²) in [5, 5.41) is 16.2. The van der Waals surface area contributed by atoms with E-state index < -0.39 is 11.9 Å². The molecule has 1 atom stereocenters. The zero-order valence-corrected chi connectivity index (χ0v) is 13.4. The Labute approximate surface area is 125 Å². The van der Waals surface area contributed by atoms with Crippen LogP contribution in [0.1, 0.15) is 56.1 Å². The standard InChI is InChI=1S/C15H25N3O3/c1-9(2)6-11(15(20)21)7-16-14(19)12-8-18(5)17-13(12)10(3)4/h8-11H,6-7H2,1-5H3,(H,16,19)(H,20,21). The lowest BCUT2D eigenvalue weighted by molar-refractivity contribution is -0.142. The molecule has 0 fully saturated rings. The van der Waals surface area contributed by atoms with Crippen molar-refractivity contribution in [2.75, 3.05) is 6.54 Å². The van der Waals surface area contributed by atoms with E-state index in [2.05, 4.69) is 10.4 Å². The molecular weight excluding hydrogens is 270 g/mol. The fraction of sp³-hybridized carbons (Fsp3) is 0.667. The van der Waals surface area contributed by atoms with E-state index >= 15 is 0 Å². The number of hydrogen-bond acceptors (Lipinski definition) is 3. The second kappa shape index (κ2) is 7.24. The van der Waals surface area contributed by atoms with Crippen molar-refractivity contribution in [2.24, 2.45) is 18.9 Å². The van der Waals surface area contributed by atoms with Crippen molar-refractivity contribution >= 4 is 11.9 Å². The van der Waals surface area contributed by atoms with Gasteiger partial charge in [-0.15, -0.1) is 0 Å². The average Bonchev–Trinajstić information content (AvgIpc) is 2.75. The molecule has 1 heterocycles. The molecule has 118 valence electrons. The first-order valence-corrected chi connectivity index (χ1v) is 7.26. The Balaban J connectivity index is 2.75. The Morgan fingerprint density at radius 3 is 2.43 bits per heavy atom. The van der Waals surface area contributed by atoms with Crippen molar-refractivity contribution in [3.05, 3.63) is 17.5 Å². The zero-order chi connectivity index (χ0) is 16.2. The first-order chi connectivity index (χ1) is 9.72. The molecule has 1 rings (SSSR count). The number of amides is 1. The van der Waals surface area contributed by atoms with Gasteiger partial charge in [-0.25, -0.2) is 0 Å². The summed E-state index contributed by atoms with van der Waals surface area (Å²) in [6, 6.07) is 0. The highest BCUT2D eigenvalue weighted by Gasteiger charge is 2.22. The van der Waals surface area contributed by atoms with Crippen molar-refractivity contribution in [3.8, 4) is 0 Å². The summed E-state index contributed by atoms with van der Waals surface area (Å²) < 4.78 is 1.60. The minimum absolute atomic E-state index is 0.137. The lowest BCUT2D eigenvalue weighted by Gasteiger charge is -2.15. The number of carbonyl (C=O) groups is 2. The van der Waals surface area contributed by atoms with Gasteiger partial charge in [-0.3, -0.25) is 14.3 Å². The third kappa shape index (κ3) is 4.88. The average molecular weight is 295 g/mol. The fourth-order valence-corrected chi connectivity index (χ4v) is 2.26. The number of carboxylic acid groups (broad SMARTS) is 1. The predicted molar refractivity (Wildman–Crippen MR) is 80.2 cm³/mol. The van der Waals surface area contributed by atoms with Crippen LogP contribution in [0.2, 0.25) is 0 Å². The molecule has 0 saturated carbocycles. The van der Waals surface area contributed by atoms with Gasteiger partial charge >= 0.3 is 5.97 Å². The highest BCUT2D eigenvalue weighted by molar-refractivity contribution is 5.95. The minimum Gasteiger partial charge on any atom is -0.481 e. The molecule has 1 aromatic rings. The maximum absolute atomic E-state index is 12.2. The van der Waals surface area contributed by atoms with Crippen molar-refractivity contribution < 1.29 is 14.7 Å². The van der Waals surface area contributed by atoms with Gasteiger partial charge in [0.1, 0.15) is 0 Å². The van der Waals surface area contributed by atoms with E-state index in [4.69, 9.17) is 0 Å². The van der Waals surface area contributed by atoms with Crippen LogP contribution in [-0.2, 0) is 11.8 Å². The summed E-state index contributed by atoms with van der Waals surface area (Å²) in [6.45, 7) is 8.01. The molecule has 0 aromatic carbocycles. The van der Waals surface area contributed by atoms with Crippen LogP contribution in [0.3, 0.4) is 0 Å². The molecule has 21 heavy (non-hydrogen) atoms. The van der Waals surface area contributed by atoms with Crippen LogP contribution in [0, 0.1) is 11.8 Å². The van der Waals surface area contributed by atoms with E-state index in [0.717, 1.165) is 5.69 Å². The Hall–Kier alpha value is -1.85. The molecule has 6 nitrogen and oxygen atoms in total. The number of nitrogens with zero attached hydrogens (tertiary/aromatic N) is 2. The molecule has 1 amide bonds. The van der Waals surface area contributed by atoms with Crippen molar-refractivity contribution in [1.29, 1.82) is 0 Å². The van der Waals surface area contributed by atoms with Gasteiger partial charge in [-0.05, 0) is 18.3 Å². The first kappa shape index (κ1) is 17.2. The maximum atomic E-state index is 12.2. The first-order valence-electron chi connectivity index (χ1n) is 7.26. The van der Waals surface area contributed by atoms with E-state index in [0.29, 0.717) is 12.0 Å². The number of carbonyl (C=O) groups excluding carboxylic acids is 1. The third-order valence-electron chi connectivity index (χ3n) is 3.26. The summed E-state index contributed by atoms with van der Waals surface area (Å²) in [6.07, 6.45) is 2.21. The second-order valence-corrected chi connectivity index (χ2v) is 6.13. The molecule has 0 aliphatic rings. The third-order valence-corrected chi connectivity index (χ3v) is 3.26. The molecule has 0 spiro atoms. The molecule has 1 aromatic heterocycles. The number of aromatic nitrogens is 2. The molecular formula is C15H25N3O3. The van der Waals surface area contributed by atoms with E-state index in [9.17, 15) is 14.7 Å². The quantitative estimate of drug-likeness (QED) is 0.806. The second-order valence-electron chi connectivity index (χ2n) is 6.13. The molecule has 6 heteroatoms. The summed E-state index contributed by atoms with van der Waals surface area (Å²) >= 11 is 0. The van der Waals surface area contributed by atoms with E-state index in [-0.39, 0.29) is 24.3 Å². The molecule has 1 unspecified atom stereocenters. The van der Waals surface area contributed by atoms with Gasteiger partial charge in [0.25, 0.3) is 5.91 Å². The van der Waals surface area contributed by atoms with Crippen molar-refractivity contribution in [1.82, 2.24) is 15.1 Å². The molecule has 0 saturated heterocycles. The van der Waals surface area contributed by atoms with E-state index in [1.165, 1.54) is 0 Å². The van der Waals surface area contributed by atoms with Gasteiger partial charge in [-0.2, -0.15) is 5.10 Å². The number of nitrogens with one attached hydrogen (secondary N) is 1. The van der Waals surface area contributed by atoms with Crippen molar-refractivity contribution in [3.63, 3.8) is 0 Å². The Morgan fingerprint density at radius 1 is 1.33 bits per heavy atom. The number of aliphatic carboxylic acids is 1. The number of carboxylic acids is 1. The van der Waals surface area contributed by atoms with E-state index in [1.54, 1.807) is 17.9 Å². The van der Waals surface area contributed by atoms with Crippen molar-refractivity contribution in [2.45, 2.75) is 40.0 Å². The number of aryl methyl sites for hydroxylation is 1. The largest absolute Gasteiger partial charge is 0.481 e. The zero-order valence-electron chi connectivity index (χ0n) is 13.4. The Bertz CT molecular complexity index is 506. The molecule has 2 N–H and O–H groups in total. The highest BCUT2D eigenvalue weighted by atomic mass is 16.4. The monoisotopic (exact) mass is 295 g/mol. The van der Waals surface area contributed by atoms with Crippen LogP contribution in [0.5, 0.6) is 0 Å². The summed E-state index contributed by atoms with van der Waals surface area (Å²) in [5.74, 6) is -1.29. The molecule has 0 aliphatic heterocycles. The summed E-state index contributed by atoms with van der Waals surface area (Å²) in [7, 11) is 1.77. The summed E-state index contributed by atoms with van der Waals surface area (Å²) in [5.41, 5.74) is 1.24. The van der Waals surface area contributed by atoms with Gasteiger partial charge in [0.15, 0.2) is 0 Å². The van der Waals surface area contributed by atoms with Crippen LogP contribution >= 0.6 is 0 Å². The highest BCUT2D eigenvalue weighted by Crippen LogP contribution is 2.17. The van der Waals surface area contributed by atoms with Gasteiger partial charge in [0, 0.05) is 19.8 Å². The molecule has 0 aliphatic carbocycles. The van der Waals surface area contributed by atoms with Crippen LogP contribution < -0.4 is 5.32 Å². The fourth-order valence-electron chi connectivity index (χ4n) is 2.26. The predicted octanol–water partition coefficient (Wildman–Crippen LogP) is 2.02. The van der Waals surface area contributed by atoms with Gasteiger partial charge in [-0.1, -0.05) is 27.7 Å². The normalized spacial score (nSPS) is 12.7. The van der Waals surface area contributed by atoms with Crippen LogP contribution in [0.4, 0.5) is 0 Å². The van der Waals surface area contributed by atoms with E-state index in [1.807, 2.05) is 27.7 Å². The molecule has 0 radical (unpaired) electrons. The minimum atomic E-state index is -0.876. The molecule has 0 bridgehead atoms. The smallest absolute Gasteiger partial charge is 0.308 e. The number of hydrogen-bond donors (Lipinski definition) is 2. The lowest BCUT2D eigenvalue weighted by Crippen LogP contribution is -2.34. The maximum Gasteiger partial charge on any atom is 0.308 e. The van der Waals surface area contributed by atoms with Gasteiger partial charge in [0.05, 0.1) is 17.2 Å². The van der Waals surface area contributed by atoms with Gasteiger partial charge < -0.3 is 10.4 Å².